The Bertz CT molecular complexity index is 478. The second-order valence-electron chi connectivity index (χ2n) is 4.84. The third kappa shape index (κ3) is 4.18. The molecule has 0 N–H and O–H groups in total. The van der Waals surface area contributed by atoms with Crippen LogP contribution in [0.25, 0.3) is 0 Å². The van der Waals surface area contributed by atoms with Crippen LogP contribution in [0.15, 0.2) is 15.7 Å². The summed E-state index contributed by atoms with van der Waals surface area (Å²) in [5, 5.41) is 0.967. The SMILES string of the molecule is CCc1nc(Br)cc(SCC2(CC(=O)OC)CC2)n1. The van der Waals surface area contributed by atoms with Crippen molar-refractivity contribution in [1.82, 2.24) is 9.97 Å². The highest BCUT2D eigenvalue weighted by atomic mass is 79.9. The van der Waals surface area contributed by atoms with E-state index in [1.807, 2.05) is 13.0 Å². The molecule has 1 aromatic heterocycles. The van der Waals surface area contributed by atoms with Gasteiger partial charge in [0, 0.05) is 18.2 Å². The van der Waals surface area contributed by atoms with Crippen molar-refractivity contribution in [2.45, 2.75) is 37.6 Å². The number of hydrogen-bond acceptors (Lipinski definition) is 5. The van der Waals surface area contributed by atoms with E-state index in [0.717, 1.165) is 40.5 Å². The highest BCUT2D eigenvalue weighted by Gasteiger charge is 2.44. The number of aryl methyl sites for hydroxylation is 1. The minimum Gasteiger partial charge on any atom is -0.469 e. The largest absolute Gasteiger partial charge is 0.469 e. The summed E-state index contributed by atoms with van der Waals surface area (Å²) in [5.74, 6) is 1.64. The molecule has 0 aliphatic heterocycles. The minimum atomic E-state index is -0.115. The van der Waals surface area contributed by atoms with E-state index in [4.69, 9.17) is 4.74 Å². The van der Waals surface area contributed by atoms with Crippen LogP contribution >= 0.6 is 27.7 Å². The number of rotatable bonds is 6. The molecule has 6 heteroatoms. The fourth-order valence-corrected chi connectivity index (χ4v) is 3.61. The fourth-order valence-electron chi connectivity index (χ4n) is 1.83. The molecule has 0 amide bonds. The van der Waals surface area contributed by atoms with Crippen LogP contribution in [0.1, 0.15) is 32.0 Å². The summed E-state index contributed by atoms with van der Waals surface area (Å²) in [7, 11) is 1.45. The van der Waals surface area contributed by atoms with Gasteiger partial charge in [0.25, 0.3) is 0 Å². The summed E-state index contributed by atoms with van der Waals surface area (Å²) in [5.41, 5.74) is 0.127. The summed E-state index contributed by atoms with van der Waals surface area (Å²) < 4.78 is 5.57. The van der Waals surface area contributed by atoms with Gasteiger partial charge in [0.2, 0.25) is 0 Å². The molecule has 1 aliphatic rings. The highest BCUT2D eigenvalue weighted by Crippen LogP contribution is 2.52. The van der Waals surface area contributed by atoms with Crippen molar-refractivity contribution in [1.29, 1.82) is 0 Å². The van der Waals surface area contributed by atoms with E-state index in [-0.39, 0.29) is 11.4 Å². The van der Waals surface area contributed by atoms with Gasteiger partial charge in [-0.2, -0.15) is 0 Å². The number of thioether (sulfide) groups is 1. The zero-order chi connectivity index (χ0) is 13.9. The lowest BCUT2D eigenvalue weighted by Crippen LogP contribution is -2.13. The quantitative estimate of drug-likeness (QED) is 0.450. The summed E-state index contributed by atoms with van der Waals surface area (Å²) in [6, 6.07) is 1.93. The first-order chi connectivity index (χ1) is 9.07. The van der Waals surface area contributed by atoms with Gasteiger partial charge < -0.3 is 4.74 Å². The Hall–Kier alpha value is -0.620. The maximum absolute atomic E-state index is 11.4. The second-order valence-corrected chi connectivity index (χ2v) is 6.65. The Kier molecular flexibility index (Phi) is 4.84. The molecular formula is C13H17BrN2O2S. The van der Waals surface area contributed by atoms with Crippen LogP contribution in [0.3, 0.4) is 0 Å². The third-order valence-electron chi connectivity index (χ3n) is 3.26. The van der Waals surface area contributed by atoms with Gasteiger partial charge >= 0.3 is 5.97 Å². The van der Waals surface area contributed by atoms with Crippen molar-refractivity contribution in [3.63, 3.8) is 0 Å². The lowest BCUT2D eigenvalue weighted by molar-refractivity contribution is -0.141. The lowest BCUT2D eigenvalue weighted by atomic mass is 10.1. The van der Waals surface area contributed by atoms with E-state index in [9.17, 15) is 4.79 Å². The monoisotopic (exact) mass is 344 g/mol. The molecule has 19 heavy (non-hydrogen) atoms. The first-order valence-corrected chi connectivity index (χ1v) is 8.08. The van der Waals surface area contributed by atoms with Gasteiger partial charge in [0.15, 0.2) is 0 Å². The highest BCUT2D eigenvalue weighted by molar-refractivity contribution is 9.10. The molecule has 1 saturated carbocycles. The maximum Gasteiger partial charge on any atom is 0.306 e. The molecule has 0 unspecified atom stereocenters. The number of aromatic nitrogens is 2. The van der Waals surface area contributed by atoms with Gasteiger partial charge in [-0.05, 0) is 34.2 Å². The average Bonchev–Trinajstić information content (AvgIpc) is 3.16. The Labute approximate surface area is 125 Å². The maximum atomic E-state index is 11.4. The fraction of sp³-hybridized carbons (Fsp3) is 0.615. The summed E-state index contributed by atoms with van der Waals surface area (Å²) >= 11 is 5.10. The topological polar surface area (TPSA) is 52.1 Å². The first-order valence-electron chi connectivity index (χ1n) is 6.30. The van der Waals surface area contributed by atoms with Gasteiger partial charge in [-0.15, -0.1) is 11.8 Å². The van der Waals surface area contributed by atoms with E-state index in [2.05, 4.69) is 25.9 Å². The molecule has 0 bridgehead atoms. The molecule has 1 fully saturated rings. The number of hydrogen-bond donors (Lipinski definition) is 0. The number of carbonyl (C=O) groups is 1. The van der Waals surface area contributed by atoms with Crippen molar-refractivity contribution >= 4 is 33.7 Å². The molecule has 1 aliphatic carbocycles. The van der Waals surface area contributed by atoms with Crippen LogP contribution in [-0.2, 0) is 16.0 Å². The smallest absolute Gasteiger partial charge is 0.306 e. The van der Waals surface area contributed by atoms with Gasteiger partial charge in [-0.25, -0.2) is 9.97 Å². The van der Waals surface area contributed by atoms with E-state index in [0.29, 0.717) is 6.42 Å². The molecule has 0 spiro atoms. The standard InChI is InChI=1S/C13H17BrN2O2S/c1-3-10-15-9(14)6-11(16-10)19-8-13(4-5-13)7-12(17)18-2/h6H,3-5,7-8H2,1-2H3. The molecular weight excluding hydrogens is 328 g/mol. The molecule has 2 rings (SSSR count). The third-order valence-corrected chi connectivity index (χ3v) is 4.93. The van der Waals surface area contributed by atoms with Crippen molar-refractivity contribution in [2.75, 3.05) is 12.9 Å². The van der Waals surface area contributed by atoms with Crippen LogP contribution in [0.2, 0.25) is 0 Å². The Morgan fingerprint density at radius 1 is 1.53 bits per heavy atom. The molecule has 0 atom stereocenters. The zero-order valence-corrected chi connectivity index (χ0v) is 13.5. The molecule has 0 radical (unpaired) electrons. The summed E-state index contributed by atoms with van der Waals surface area (Å²) in [6.07, 6.45) is 3.54. The number of esters is 1. The van der Waals surface area contributed by atoms with Crippen LogP contribution in [0, 0.1) is 5.41 Å². The molecule has 0 saturated heterocycles. The number of ether oxygens (including phenoxy) is 1. The molecule has 1 heterocycles. The Morgan fingerprint density at radius 3 is 2.84 bits per heavy atom. The second kappa shape index (κ2) is 6.22. The van der Waals surface area contributed by atoms with Crippen LogP contribution in [0.5, 0.6) is 0 Å². The van der Waals surface area contributed by atoms with E-state index in [1.54, 1.807) is 11.8 Å². The average molecular weight is 345 g/mol. The van der Waals surface area contributed by atoms with E-state index < -0.39 is 0 Å². The van der Waals surface area contributed by atoms with Crippen molar-refractivity contribution < 1.29 is 9.53 Å². The van der Waals surface area contributed by atoms with Gasteiger partial charge in [-0.3, -0.25) is 4.79 Å². The molecule has 0 aromatic carbocycles. The van der Waals surface area contributed by atoms with Crippen LogP contribution < -0.4 is 0 Å². The van der Waals surface area contributed by atoms with Crippen molar-refractivity contribution in [3.05, 3.63) is 16.5 Å². The Balaban J connectivity index is 1.95. The van der Waals surface area contributed by atoms with Gasteiger partial charge in [-0.1, -0.05) is 6.92 Å². The van der Waals surface area contributed by atoms with E-state index >= 15 is 0 Å². The number of halogens is 1. The summed E-state index contributed by atoms with van der Waals surface area (Å²) in [6.45, 7) is 2.04. The van der Waals surface area contributed by atoms with Gasteiger partial charge in [0.05, 0.1) is 13.5 Å². The summed E-state index contributed by atoms with van der Waals surface area (Å²) in [4.78, 5) is 20.1. The molecule has 1 aromatic rings. The van der Waals surface area contributed by atoms with Crippen molar-refractivity contribution in [2.24, 2.45) is 5.41 Å². The number of carbonyl (C=O) groups excluding carboxylic acids is 1. The Morgan fingerprint density at radius 2 is 2.26 bits per heavy atom. The normalized spacial score (nSPS) is 16.2. The molecule has 104 valence electrons. The number of methoxy groups -OCH3 is 1. The zero-order valence-electron chi connectivity index (χ0n) is 11.1. The lowest BCUT2D eigenvalue weighted by Gasteiger charge is -2.12. The predicted molar refractivity (Wildman–Crippen MR) is 78.1 cm³/mol. The first kappa shape index (κ1) is 14.8. The van der Waals surface area contributed by atoms with Gasteiger partial charge in [0.1, 0.15) is 15.5 Å². The predicted octanol–water partition coefficient (Wildman–Crippen LogP) is 3.24. The van der Waals surface area contributed by atoms with E-state index in [1.165, 1.54) is 7.11 Å². The minimum absolute atomic E-state index is 0.115. The van der Waals surface area contributed by atoms with Crippen molar-refractivity contribution in [3.8, 4) is 0 Å². The number of nitrogens with zero attached hydrogens (tertiary/aromatic N) is 2. The van der Waals surface area contributed by atoms with Crippen LogP contribution in [-0.4, -0.2) is 28.8 Å². The molecule has 4 nitrogen and oxygen atoms in total. The van der Waals surface area contributed by atoms with Crippen LogP contribution in [0.4, 0.5) is 0 Å².